The fourth-order valence-electron chi connectivity index (χ4n) is 1.26. The van der Waals surface area contributed by atoms with E-state index >= 15 is 0 Å². The standard InChI is InChI=1S/C11H15N3O4/c1-6(7(2)12)11(16)13-9-4-3-8(15)5-10(9)14(17)18/h3-7,15H,12H2,1-2H3,(H,13,16). The van der Waals surface area contributed by atoms with Crippen LogP contribution in [0.3, 0.4) is 0 Å². The van der Waals surface area contributed by atoms with Gasteiger partial charge in [0.2, 0.25) is 5.91 Å². The van der Waals surface area contributed by atoms with Crippen molar-refractivity contribution in [3.8, 4) is 5.75 Å². The number of benzene rings is 1. The van der Waals surface area contributed by atoms with E-state index in [1.165, 1.54) is 12.1 Å². The molecule has 0 bridgehead atoms. The summed E-state index contributed by atoms with van der Waals surface area (Å²) in [6, 6.07) is 3.16. The molecular weight excluding hydrogens is 238 g/mol. The van der Waals surface area contributed by atoms with Crippen LogP contribution in [0.5, 0.6) is 5.75 Å². The third kappa shape index (κ3) is 3.17. The van der Waals surface area contributed by atoms with Crippen LogP contribution in [0.1, 0.15) is 13.8 Å². The number of carbonyl (C=O) groups excluding carboxylic acids is 1. The molecule has 0 aromatic heterocycles. The van der Waals surface area contributed by atoms with Crippen molar-refractivity contribution in [2.45, 2.75) is 19.9 Å². The summed E-state index contributed by atoms with van der Waals surface area (Å²) in [4.78, 5) is 21.8. The van der Waals surface area contributed by atoms with E-state index in [2.05, 4.69) is 5.32 Å². The monoisotopic (exact) mass is 253 g/mol. The Balaban J connectivity index is 2.98. The van der Waals surface area contributed by atoms with Crippen LogP contribution in [0.25, 0.3) is 0 Å². The highest BCUT2D eigenvalue weighted by molar-refractivity contribution is 5.95. The number of carbonyl (C=O) groups is 1. The van der Waals surface area contributed by atoms with E-state index < -0.39 is 16.7 Å². The second-order valence-corrected chi connectivity index (χ2v) is 4.10. The lowest BCUT2D eigenvalue weighted by molar-refractivity contribution is -0.384. The van der Waals surface area contributed by atoms with E-state index in [1.54, 1.807) is 13.8 Å². The van der Waals surface area contributed by atoms with Gasteiger partial charge in [0.05, 0.1) is 16.9 Å². The third-order valence-corrected chi connectivity index (χ3v) is 2.64. The van der Waals surface area contributed by atoms with E-state index in [1.807, 2.05) is 0 Å². The number of nitrogens with zero attached hydrogens (tertiary/aromatic N) is 1. The Kier molecular flexibility index (Phi) is 4.22. The smallest absolute Gasteiger partial charge is 0.296 e. The second-order valence-electron chi connectivity index (χ2n) is 4.10. The topological polar surface area (TPSA) is 118 Å². The lowest BCUT2D eigenvalue weighted by Crippen LogP contribution is -2.34. The molecule has 2 atom stereocenters. The fraction of sp³-hybridized carbons (Fsp3) is 0.364. The fourth-order valence-corrected chi connectivity index (χ4v) is 1.26. The zero-order chi connectivity index (χ0) is 13.9. The average Bonchev–Trinajstić information content (AvgIpc) is 2.29. The Labute approximate surface area is 104 Å². The molecule has 1 amide bonds. The molecule has 4 N–H and O–H groups in total. The number of nitro benzene ring substituents is 1. The second kappa shape index (κ2) is 5.46. The van der Waals surface area contributed by atoms with Crippen molar-refractivity contribution >= 4 is 17.3 Å². The number of hydrogen-bond acceptors (Lipinski definition) is 5. The quantitative estimate of drug-likeness (QED) is 0.423. The summed E-state index contributed by atoms with van der Waals surface area (Å²) >= 11 is 0. The van der Waals surface area contributed by atoms with Crippen molar-refractivity contribution in [1.82, 2.24) is 0 Å². The number of rotatable bonds is 4. The summed E-state index contributed by atoms with van der Waals surface area (Å²) < 4.78 is 0. The van der Waals surface area contributed by atoms with Gasteiger partial charge in [0.1, 0.15) is 11.4 Å². The van der Waals surface area contributed by atoms with Crippen LogP contribution in [-0.2, 0) is 4.79 Å². The van der Waals surface area contributed by atoms with E-state index in [4.69, 9.17) is 5.73 Å². The van der Waals surface area contributed by atoms with Gasteiger partial charge < -0.3 is 16.2 Å². The molecule has 7 nitrogen and oxygen atoms in total. The van der Waals surface area contributed by atoms with Crippen LogP contribution in [0.2, 0.25) is 0 Å². The molecule has 0 radical (unpaired) electrons. The largest absolute Gasteiger partial charge is 0.508 e. The molecule has 0 aliphatic carbocycles. The molecule has 0 aliphatic heterocycles. The molecule has 0 aliphatic rings. The molecule has 1 aromatic carbocycles. The van der Waals surface area contributed by atoms with E-state index in [-0.39, 0.29) is 23.2 Å². The van der Waals surface area contributed by atoms with Crippen molar-refractivity contribution in [1.29, 1.82) is 0 Å². The molecule has 0 heterocycles. The Bertz CT molecular complexity index is 473. The molecule has 18 heavy (non-hydrogen) atoms. The Hall–Kier alpha value is -2.15. The van der Waals surface area contributed by atoms with Crippen molar-refractivity contribution in [2.24, 2.45) is 11.7 Å². The molecule has 0 saturated carbocycles. The number of phenols is 1. The number of hydrogen-bond donors (Lipinski definition) is 3. The molecular formula is C11H15N3O4. The predicted molar refractivity (Wildman–Crippen MR) is 66.2 cm³/mol. The summed E-state index contributed by atoms with van der Waals surface area (Å²) in [5, 5.41) is 22.4. The molecule has 0 fully saturated rings. The third-order valence-electron chi connectivity index (χ3n) is 2.64. The van der Waals surface area contributed by atoms with E-state index in [9.17, 15) is 20.0 Å². The van der Waals surface area contributed by atoms with Gasteiger partial charge in [0.25, 0.3) is 5.69 Å². The molecule has 2 unspecified atom stereocenters. The van der Waals surface area contributed by atoms with Gasteiger partial charge in [-0.1, -0.05) is 6.92 Å². The van der Waals surface area contributed by atoms with Crippen molar-refractivity contribution < 1.29 is 14.8 Å². The zero-order valence-corrected chi connectivity index (χ0v) is 10.1. The van der Waals surface area contributed by atoms with Gasteiger partial charge >= 0.3 is 0 Å². The molecule has 0 spiro atoms. The predicted octanol–water partition coefficient (Wildman–Crippen LogP) is 1.22. The minimum Gasteiger partial charge on any atom is -0.508 e. The van der Waals surface area contributed by atoms with Gasteiger partial charge in [0, 0.05) is 6.04 Å². The van der Waals surface area contributed by atoms with Gasteiger partial charge in [-0.15, -0.1) is 0 Å². The Morgan fingerprint density at radius 2 is 2.11 bits per heavy atom. The SMILES string of the molecule is CC(N)C(C)C(=O)Nc1ccc(O)cc1[N+](=O)[O-]. The molecule has 7 heteroatoms. The van der Waals surface area contributed by atoms with E-state index in [0.29, 0.717) is 0 Å². The Morgan fingerprint density at radius 3 is 2.61 bits per heavy atom. The maximum Gasteiger partial charge on any atom is 0.296 e. The zero-order valence-electron chi connectivity index (χ0n) is 10.1. The summed E-state index contributed by atoms with van der Waals surface area (Å²) in [6.07, 6.45) is 0. The lowest BCUT2D eigenvalue weighted by atomic mass is 10.0. The number of nitro groups is 1. The van der Waals surface area contributed by atoms with Crippen molar-refractivity contribution in [2.75, 3.05) is 5.32 Å². The van der Waals surface area contributed by atoms with Gasteiger partial charge in [-0.05, 0) is 19.1 Å². The molecule has 1 aromatic rings. The highest BCUT2D eigenvalue weighted by atomic mass is 16.6. The summed E-state index contributed by atoms with van der Waals surface area (Å²) in [7, 11) is 0. The van der Waals surface area contributed by atoms with Crippen molar-refractivity contribution in [3.63, 3.8) is 0 Å². The first kappa shape index (κ1) is 13.9. The number of anilines is 1. The maximum absolute atomic E-state index is 11.7. The molecule has 0 saturated heterocycles. The van der Waals surface area contributed by atoms with Gasteiger partial charge in [0.15, 0.2) is 0 Å². The number of nitrogens with one attached hydrogen (secondary N) is 1. The van der Waals surface area contributed by atoms with Gasteiger partial charge in [-0.3, -0.25) is 14.9 Å². The minimum absolute atomic E-state index is 0.0373. The van der Waals surface area contributed by atoms with Crippen LogP contribution in [0.15, 0.2) is 18.2 Å². The number of amides is 1. The number of phenolic OH excluding ortho intramolecular Hbond substituents is 1. The summed E-state index contributed by atoms with van der Waals surface area (Å²) in [6.45, 7) is 3.31. The average molecular weight is 253 g/mol. The number of aromatic hydroxyl groups is 1. The first-order valence-corrected chi connectivity index (χ1v) is 5.36. The van der Waals surface area contributed by atoms with Crippen LogP contribution in [-0.4, -0.2) is 22.0 Å². The van der Waals surface area contributed by atoms with Crippen LogP contribution in [0, 0.1) is 16.0 Å². The lowest BCUT2D eigenvalue weighted by Gasteiger charge is -2.15. The maximum atomic E-state index is 11.7. The highest BCUT2D eigenvalue weighted by Crippen LogP contribution is 2.28. The first-order valence-electron chi connectivity index (χ1n) is 5.36. The summed E-state index contributed by atoms with van der Waals surface area (Å²) in [5.74, 6) is -1.11. The number of nitrogens with two attached hydrogens (primary N) is 1. The van der Waals surface area contributed by atoms with Gasteiger partial charge in [-0.25, -0.2) is 0 Å². The molecule has 98 valence electrons. The highest BCUT2D eigenvalue weighted by Gasteiger charge is 2.21. The molecule has 1 rings (SSSR count). The minimum atomic E-state index is -0.675. The van der Waals surface area contributed by atoms with Crippen LogP contribution in [0.4, 0.5) is 11.4 Å². The van der Waals surface area contributed by atoms with Crippen molar-refractivity contribution in [3.05, 3.63) is 28.3 Å². The Morgan fingerprint density at radius 1 is 1.50 bits per heavy atom. The normalized spacial score (nSPS) is 13.7. The van der Waals surface area contributed by atoms with E-state index in [0.717, 1.165) is 6.07 Å². The van der Waals surface area contributed by atoms with Crippen LogP contribution < -0.4 is 11.1 Å². The summed E-state index contributed by atoms with van der Waals surface area (Å²) in [5.41, 5.74) is 5.25. The first-order chi connectivity index (χ1) is 8.32. The van der Waals surface area contributed by atoms with Crippen LogP contribution >= 0.6 is 0 Å². The van der Waals surface area contributed by atoms with Gasteiger partial charge in [-0.2, -0.15) is 0 Å².